The van der Waals surface area contributed by atoms with Gasteiger partial charge in [-0.1, -0.05) is 12.1 Å². The van der Waals surface area contributed by atoms with Gasteiger partial charge in [-0.2, -0.15) is 0 Å². The molecule has 0 atom stereocenters. The first-order valence-electron chi connectivity index (χ1n) is 5.86. The van der Waals surface area contributed by atoms with Crippen LogP contribution < -0.4 is 10.0 Å². The quantitative estimate of drug-likeness (QED) is 0.865. The van der Waals surface area contributed by atoms with E-state index in [0.717, 1.165) is 0 Å². The van der Waals surface area contributed by atoms with Gasteiger partial charge in [0.05, 0.1) is 16.7 Å². The Labute approximate surface area is 116 Å². The van der Waals surface area contributed by atoms with E-state index in [1.807, 2.05) is 0 Å². The Morgan fingerprint density at radius 2 is 2.10 bits per heavy atom. The van der Waals surface area contributed by atoms with Crippen molar-refractivity contribution < 1.29 is 17.6 Å². The summed E-state index contributed by atoms with van der Waals surface area (Å²) in [4.78, 5) is 11.9. The Balaban J connectivity index is 2.08. The van der Waals surface area contributed by atoms with Crippen molar-refractivity contribution in [3.8, 4) is 0 Å². The Morgan fingerprint density at radius 3 is 2.75 bits per heavy atom. The van der Waals surface area contributed by atoms with Gasteiger partial charge in [0.1, 0.15) is 6.26 Å². The summed E-state index contributed by atoms with van der Waals surface area (Å²) < 4.78 is 30.4. The molecule has 0 unspecified atom stereocenters. The molecule has 1 amide bonds. The molecule has 0 aliphatic heterocycles. The molecule has 0 bridgehead atoms. The van der Waals surface area contributed by atoms with Gasteiger partial charge in [0.15, 0.2) is 0 Å². The third-order valence-corrected chi connectivity index (χ3v) is 4.13. The van der Waals surface area contributed by atoms with Crippen LogP contribution in [0.1, 0.15) is 15.9 Å². The number of nitrogens with one attached hydrogen (secondary N) is 2. The predicted molar refractivity (Wildman–Crippen MR) is 72.6 cm³/mol. The summed E-state index contributed by atoms with van der Waals surface area (Å²) >= 11 is 0. The monoisotopic (exact) mass is 294 g/mol. The maximum atomic E-state index is 11.7. The number of hydrogen-bond donors (Lipinski definition) is 2. The molecule has 6 nitrogen and oxygen atoms in total. The summed E-state index contributed by atoms with van der Waals surface area (Å²) in [6.07, 6.45) is 2.76. The fourth-order valence-corrected chi connectivity index (χ4v) is 2.42. The zero-order valence-electron chi connectivity index (χ0n) is 10.8. The van der Waals surface area contributed by atoms with Gasteiger partial charge in [0, 0.05) is 6.54 Å². The van der Waals surface area contributed by atoms with Crippen molar-refractivity contribution in [1.29, 1.82) is 0 Å². The minimum Gasteiger partial charge on any atom is -0.472 e. The Kier molecular flexibility index (Phi) is 4.21. The number of furan rings is 1. The number of hydrogen-bond acceptors (Lipinski definition) is 4. The lowest BCUT2D eigenvalue weighted by molar-refractivity contribution is 0.0950. The predicted octanol–water partition coefficient (Wildman–Crippen LogP) is 1.12. The first kappa shape index (κ1) is 14.3. The van der Waals surface area contributed by atoms with Crippen LogP contribution in [0.5, 0.6) is 0 Å². The molecular formula is C13H14N2O4S. The largest absolute Gasteiger partial charge is 0.472 e. The molecule has 20 heavy (non-hydrogen) atoms. The maximum absolute atomic E-state index is 11.7. The van der Waals surface area contributed by atoms with Gasteiger partial charge in [0.2, 0.25) is 10.0 Å². The van der Waals surface area contributed by atoms with E-state index in [1.165, 1.54) is 31.7 Å². The molecule has 0 aliphatic carbocycles. The standard InChI is InChI=1S/C13H14N2O4S/c1-14-20(17,18)12-4-2-3-10(7-12)8-15-13(16)11-5-6-19-9-11/h2-7,9,14H,8H2,1H3,(H,15,16). The van der Waals surface area contributed by atoms with E-state index in [4.69, 9.17) is 4.42 Å². The van der Waals surface area contributed by atoms with Crippen LogP contribution in [-0.2, 0) is 16.6 Å². The normalized spacial score (nSPS) is 11.2. The first-order valence-corrected chi connectivity index (χ1v) is 7.34. The first-order chi connectivity index (χ1) is 9.53. The molecule has 2 aromatic rings. The van der Waals surface area contributed by atoms with Crippen molar-refractivity contribution in [3.05, 3.63) is 54.0 Å². The van der Waals surface area contributed by atoms with Crippen molar-refractivity contribution in [2.24, 2.45) is 0 Å². The highest BCUT2D eigenvalue weighted by molar-refractivity contribution is 7.89. The van der Waals surface area contributed by atoms with Crippen LogP contribution in [0.4, 0.5) is 0 Å². The average Bonchev–Trinajstić information content (AvgIpc) is 2.99. The van der Waals surface area contributed by atoms with E-state index in [-0.39, 0.29) is 17.3 Å². The zero-order valence-corrected chi connectivity index (χ0v) is 11.6. The lowest BCUT2D eigenvalue weighted by Crippen LogP contribution is -2.23. The fraction of sp³-hybridized carbons (Fsp3) is 0.154. The minimum absolute atomic E-state index is 0.162. The van der Waals surface area contributed by atoms with Crippen molar-refractivity contribution in [2.75, 3.05) is 7.05 Å². The highest BCUT2D eigenvalue weighted by atomic mass is 32.2. The van der Waals surface area contributed by atoms with E-state index in [1.54, 1.807) is 18.2 Å². The lowest BCUT2D eigenvalue weighted by Gasteiger charge is -2.07. The van der Waals surface area contributed by atoms with Crippen LogP contribution in [0.25, 0.3) is 0 Å². The van der Waals surface area contributed by atoms with Crippen LogP contribution >= 0.6 is 0 Å². The summed E-state index contributed by atoms with van der Waals surface area (Å²) in [5.41, 5.74) is 1.11. The second-order valence-electron chi connectivity index (χ2n) is 4.05. The van der Waals surface area contributed by atoms with Crippen LogP contribution in [-0.4, -0.2) is 21.4 Å². The Morgan fingerprint density at radius 1 is 1.30 bits per heavy atom. The van der Waals surface area contributed by atoms with E-state index in [2.05, 4.69) is 10.0 Å². The van der Waals surface area contributed by atoms with E-state index in [9.17, 15) is 13.2 Å². The number of sulfonamides is 1. The third-order valence-electron chi connectivity index (χ3n) is 2.71. The molecule has 0 radical (unpaired) electrons. The highest BCUT2D eigenvalue weighted by Gasteiger charge is 2.12. The summed E-state index contributed by atoms with van der Waals surface area (Å²) in [6.45, 7) is 0.233. The third kappa shape index (κ3) is 3.25. The van der Waals surface area contributed by atoms with Crippen molar-refractivity contribution in [2.45, 2.75) is 11.4 Å². The summed E-state index contributed by atoms with van der Waals surface area (Å²) in [5.74, 6) is -0.277. The molecule has 1 heterocycles. The van der Waals surface area contributed by atoms with Crippen LogP contribution in [0.15, 0.2) is 52.2 Å². The molecule has 0 saturated heterocycles. The number of rotatable bonds is 5. The Bertz CT molecular complexity index is 693. The Hall–Kier alpha value is -2.12. The molecule has 7 heteroatoms. The minimum atomic E-state index is -3.48. The van der Waals surface area contributed by atoms with Crippen molar-refractivity contribution in [1.82, 2.24) is 10.0 Å². The van der Waals surface area contributed by atoms with Gasteiger partial charge in [-0.15, -0.1) is 0 Å². The molecule has 1 aromatic carbocycles. The second kappa shape index (κ2) is 5.89. The smallest absolute Gasteiger partial charge is 0.254 e. The van der Waals surface area contributed by atoms with Gasteiger partial charge >= 0.3 is 0 Å². The van der Waals surface area contributed by atoms with Crippen LogP contribution in [0, 0.1) is 0 Å². The van der Waals surface area contributed by atoms with Gasteiger partial charge in [-0.3, -0.25) is 4.79 Å². The number of carbonyl (C=O) groups is 1. The molecule has 106 valence electrons. The molecule has 2 N–H and O–H groups in total. The number of amides is 1. The summed E-state index contributed by atoms with van der Waals surface area (Å²) in [7, 11) is -2.13. The molecule has 1 aromatic heterocycles. The fourth-order valence-electron chi connectivity index (χ4n) is 1.62. The molecule has 0 saturated carbocycles. The molecular weight excluding hydrogens is 280 g/mol. The van der Waals surface area contributed by atoms with Crippen molar-refractivity contribution in [3.63, 3.8) is 0 Å². The molecule has 0 spiro atoms. The maximum Gasteiger partial charge on any atom is 0.254 e. The number of benzene rings is 1. The second-order valence-corrected chi connectivity index (χ2v) is 5.94. The zero-order chi connectivity index (χ0) is 14.6. The van der Waals surface area contributed by atoms with Gasteiger partial charge in [-0.25, -0.2) is 13.1 Å². The van der Waals surface area contributed by atoms with Crippen LogP contribution in [0.3, 0.4) is 0 Å². The molecule has 2 rings (SSSR count). The topological polar surface area (TPSA) is 88.4 Å². The van der Waals surface area contributed by atoms with Gasteiger partial charge in [0.25, 0.3) is 5.91 Å². The van der Waals surface area contributed by atoms with Gasteiger partial charge in [-0.05, 0) is 30.8 Å². The van der Waals surface area contributed by atoms with E-state index >= 15 is 0 Å². The highest BCUT2D eigenvalue weighted by Crippen LogP contribution is 2.11. The van der Waals surface area contributed by atoms with E-state index < -0.39 is 10.0 Å². The number of carbonyl (C=O) groups excluding carboxylic acids is 1. The van der Waals surface area contributed by atoms with Gasteiger partial charge < -0.3 is 9.73 Å². The summed E-state index contributed by atoms with van der Waals surface area (Å²) in [6, 6.07) is 7.93. The lowest BCUT2D eigenvalue weighted by atomic mass is 10.2. The summed E-state index contributed by atoms with van der Waals surface area (Å²) in [5, 5.41) is 2.68. The van der Waals surface area contributed by atoms with Crippen LogP contribution in [0.2, 0.25) is 0 Å². The average molecular weight is 294 g/mol. The molecule has 0 fully saturated rings. The van der Waals surface area contributed by atoms with E-state index in [0.29, 0.717) is 11.1 Å². The van der Waals surface area contributed by atoms with Crippen molar-refractivity contribution >= 4 is 15.9 Å². The SMILES string of the molecule is CNS(=O)(=O)c1cccc(CNC(=O)c2ccoc2)c1. The molecule has 0 aliphatic rings.